The summed E-state index contributed by atoms with van der Waals surface area (Å²) in [5, 5.41) is 11.1. The average molecular weight is 785 g/mol. The number of rotatable bonds is 5. The van der Waals surface area contributed by atoms with Gasteiger partial charge in [-0.2, -0.15) is 10.2 Å². The number of benzene rings is 1. The number of pyridine rings is 3. The minimum absolute atomic E-state index is 0. The first-order chi connectivity index (χ1) is 19.6. The van der Waals surface area contributed by atoms with Crippen molar-refractivity contribution in [1.29, 1.82) is 0 Å². The summed E-state index contributed by atoms with van der Waals surface area (Å²) in [7, 11) is 0. The molecule has 0 bridgehead atoms. The molecular formula is C30H26BrN8OOs. The zero-order chi connectivity index (χ0) is 28.0. The number of hydrogen-bond donors (Lipinski definition) is 1. The molecule has 0 spiro atoms. The smallest absolute Gasteiger partial charge is 0.343 e. The Kier molecular flexibility index (Phi) is 12.7. The van der Waals surface area contributed by atoms with Gasteiger partial charge >= 0.3 is 19.8 Å². The number of carbonyl (C=O) groups is 1. The van der Waals surface area contributed by atoms with Crippen molar-refractivity contribution in [3.05, 3.63) is 134 Å². The molecule has 0 saturated heterocycles. The molecule has 0 saturated carbocycles. The molecule has 1 N–H and O–H groups in total. The molecule has 0 unspecified atom stereocenters. The summed E-state index contributed by atoms with van der Waals surface area (Å²) in [4.78, 5) is 23.8. The minimum atomic E-state index is -0.0793. The van der Waals surface area contributed by atoms with Crippen molar-refractivity contribution in [3.8, 4) is 22.9 Å². The predicted molar refractivity (Wildman–Crippen MR) is 158 cm³/mol. The van der Waals surface area contributed by atoms with Gasteiger partial charge in [-0.3, -0.25) is 4.79 Å². The maximum absolute atomic E-state index is 11.3. The van der Waals surface area contributed by atoms with Gasteiger partial charge in [0.15, 0.2) is 11.6 Å². The molecule has 1 amide bonds. The molecule has 1 radical (unpaired) electrons. The first kappa shape index (κ1) is 31.2. The average Bonchev–Trinajstić information content (AvgIpc) is 3.75. The number of hydrogen-bond acceptors (Lipinski definition) is 6. The number of anilines is 1. The fourth-order valence-corrected chi connectivity index (χ4v) is 3.50. The molecule has 0 aliphatic carbocycles. The van der Waals surface area contributed by atoms with E-state index < -0.39 is 0 Å². The van der Waals surface area contributed by atoms with E-state index in [2.05, 4.69) is 52.5 Å². The van der Waals surface area contributed by atoms with Crippen LogP contribution in [0.2, 0.25) is 0 Å². The third-order valence-corrected chi connectivity index (χ3v) is 5.68. The number of nitrogens with zero attached hydrogens (tertiary/aromatic N) is 7. The number of nitrogens with one attached hydrogen (secondary N) is 1. The Morgan fingerprint density at radius 2 is 1.44 bits per heavy atom. The van der Waals surface area contributed by atoms with E-state index in [9.17, 15) is 4.79 Å². The third kappa shape index (κ3) is 9.98. The van der Waals surface area contributed by atoms with Gasteiger partial charge in [0.1, 0.15) is 0 Å². The Morgan fingerprint density at radius 3 is 1.93 bits per heavy atom. The van der Waals surface area contributed by atoms with E-state index in [1.165, 1.54) is 0 Å². The van der Waals surface area contributed by atoms with Crippen LogP contribution in [0.15, 0.2) is 122 Å². The van der Waals surface area contributed by atoms with E-state index >= 15 is 0 Å². The van der Waals surface area contributed by atoms with Gasteiger partial charge in [0, 0.05) is 43.4 Å². The number of halogens is 1. The second kappa shape index (κ2) is 16.7. The van der Waals surface area contributed by atoms with Crippen LogP contribution in [0.3, 0.4) is 0 Å². The monoisotopic (exact) mass is 785 g/mol. The Hall–Kier alpha value is -4.32. The molecule has 0 atom stereocenters. The number of aromatic nitrogens is 7. The summed E-state index contributed by atoms with van der Waals surface area (Å²) < 4.78 is 3.44. The van der Waals surface area contributed by atoms with Gasteiger partial charge < -0.3 is 10.3 Å². The largest absolute Gasteiger partial charge is 1.00 e. The second-order valence-electron chi connectivity index (χ2n) is 8.17. The third-order valence-electron chi connectivity index (χ3n) is 5.17. The summed E-state index contributed by atoms with van der Waals surface area (Å²) in [5.41, 5.74) is 3.61. The van der Waals surface area contributed by atoms with Gasteiger partial charge in [-0.25, -0.2) is 19.3 Å². The molecule has 6 rings (SSSR count). The molecule has 207 valence electrons. The zero-order valence-corrected chi connectivity index (χ0v) is 26.2. The van der Waals surface area contributed by atoms with Crippen LogP contribution in [-0.4, -0.2) is 45.8 Å². The maximum atomic E-state index is 11.3. The Balaban J connectivity index is 0.000000175. The van der Waals surface area contributed by atoms with Crippen molar-refractivity contribution >= 4 is 27.5 Å². The predicted octanol–water partition coefficient (Wildman–Crippen LogP) is 5.72. The van der Waals surface area contributed by atoms with Crippen molar-refractivity contribution in [2.45, 2.75) is 6.92 Å². The van der Waals surface area contributed by atoms with Gasteiger partial charge in [0.2, 0.25) is 5.91 Å². The second-order valence-corrected chi connectivity index (χ2v) is 8.73. The standard InChI is InChI=1S/C14H12BrN2O.2C8H7N3.Os/c1-10-5-6-16-13(7-10)11-3-2-4-12(8-11)17-14(18)9-15;2*1-2-5-9-8(4-1)11-7-3-6-10-11;/h2,4-8H,9H2,1H3,(H,17,18);2*1-7H;/q-1;;;+1. The quantitative estimate of drug-likeness (QED) is 0.177. The van der Waals surface area contributed by atoms with Crippen LogP contribution in [-0.2, 0) is 24.6 Å². The first-order valence-corrected chi connectivity index (χ1v) is 13.4. The van der Waals surface area contributed by atoms with Crippen molar-refractivity contribution < 1.29 is 24.6 Å². The summed E-state index contributed by atoms with van der Waals surface area (Å²) in [5.74, 6) is 1.61. The molecule has 11 heteroatoms. The van der Waals surface area contributed by atoms with Crippen LogP contribution in [0, 0.1) is 13.0 Å². The molecule has 0 fully saturated rings. The number of amides is 1. The topological polar surface area (TPSA) is 103 Å². The maximum Gasteiger partial charge on any atom is 1.00 e. The minimum Gasteiger partial charge on any atom is -0.343 e. The van der Waals surface area contributed by atoms with Crippen LogP contribution in [0.1, 0.15) is 5.56 Å². The van der Waals surface area contributed by atoms with Crippen LogP contribution in [0.4, 0.5) is 5.69 Å². The molecule has 5 heterocycles. The van der Waals surface area contributed by atoms with Crippen molar-refractivity contribution in [2.24, 2.45) is 0 Å². The normalized spacial score (nSPS) is 9.71. The molecule has 1 aromatic carbocycles. The molecule has 9 nitrogen and oxygen atoms in total. The Bertz CT molecular complexity index is 1510. The van der Waals surface area contributed by atoms with Gasteiger partial charge in [-0.15, -0.1) is 29.8 Å². The first-order valence-electron chi connectivity index (χ1n) is 12.2. The summed E-state index contributed by atoms with van der Waals surface area (Å²) in [6.07, 6.45) is 12.4. The summed E-state index contributed by atoms with van der Waals surface area (Å²) >= 11 is 3.11. The number of alkyl halides is 1. The van der Waals surface area contributed by atoms with Crippen molar-refractivity contribution in [2.75, 3.05) is 10.6 Å². The van der Waals surface area contributed by atoms with Gasteiger partial charge in [-0.1, -0.05) is 39.7 Å². The molecular weight excluding hydrogens is 759 g/mol. The fraction of sp³-hybridized carbons (Fsp3) is 0.0667. The van der Waals surface area contributed by atoms with Gasteiger partial charge in [-0.05, 0) is 60.8 Å². The van der Waals surface area contributed by atoms with E-state index in [1.807, 2.05) is 86.0 Å². The molecule has 0 aliphatic rings. The Morgan fingerprint density at radius 1 is 0.805 bits per heavy atom. The van der Waals surface area contributed by atoms with Gasteiger partial charge in [0.05, 0.1) is 5.33 Å². The Labute approximate surface area is 259 Å². The van der Waals surface area contributed by atoms with Crippen LogP contribution in [0.5, 0.6) is 0 Å². The molecule has 41 heavy (non-hydrogen) atoms. The van der Waals surface area contributed by atoms with Crippen molar-refractivity contribution in [1.82, 2.24) is 34.5 Å². The van der Waals surface area contributed by atoms with E-state index in [1.54, 1.807) is 52.5 Å². The van der Waals surface area contributed by atoms with Crippen LogP contribution >= 0.6 is 15.9 Å². The van der Waals surface area contributed by atoms with E-state index in [0.717, 1.165) is 34.1 Å². The van der Waals surface area contributed by atoms with Gasteiger partial charge in [0.25, 0.3) is 0 Å². The summed E-state index contributed by atoms with van der Waals surface area (Å²) in [6, 6.07) is 27.7. The van der Waals surface area contributed by atoms with E-state index in [-0.39, 0.29) is 31.0 Å². The SMILES string of the molecule is Cc1ccnc(-c2[c-]ccc(NC(=O)CBr)c2)c1.[Os+].c1ccc(-n2cccn2)nc1.c1ccc(-n2cccn2)nc1. The molecule has 5 aromatic heterocycles. The molecule has 0 aliphatic heterocycles. The number of aryl methyl sites for hydroxylation is 1. The van der Waals surface area contributed by atoms with Crippen LogP contribution in [0.25, 0.3) is 22.9 Å². The zero-order valence-electron chi connectivity index (χ0n) is 22.0. The molecule has 6 aromatic rings. The number of carbonyl (C=O) groups excluding carboxylic acids is 1. The summed E-state index contributed by atoms with van der Waals surface area (Å²) in [6.45, 7) is 2.02. The van der Waals surface area contributed by atoms with Crippen LogP contribution < -0.4 is 5.32 Å². The fourth-order valence-electron chi connectivity index (χ4n) is 3.36. The van der Waals surface area contributed by atoms with E-state index in [0.29, 0.717) is 0 Å². The van der Waals surface area contributed by atoms with Crippen molar-refractivity contribution in [3.63, 3.8) is 0 Å². The van der Waals surface area contributed by atoms with E-state index in [4.69, 9.17) is 0 Å².